The van der Waals surface area contributed by atoms with Crippen LogP contribution in [0, 0.1) is 5.82 Å². The van der Waals surface area contributed by atoms with E-state index in [2.05, 4.69) is 10.00 Å². The van der Waals surface area contributed by atoms with Gasteiger partial charge in [-0.3, -0.25) is 4.79 Å². The van der Waals surface area contributed by atoms with Crippen molar-refractivity contribution in [2.75, 3.05) is 31.1 Å². The molecule has 8 heteroatoms. The molecule has 1 fully saturated rings. The summed E-state index contributed by atoms with van der Waals surface area (Å²) in [5.41, 5.74) is 2.10. The summed E-state index contributed by atoms with van der Waals surface area (Å²) in [4.78, 5) is 26.5. The summed E-state index contributed by atoms with van der Waals surface area (Å²) in [6, 6.07) is 15.8. The second-order valence-corrected chi connectivity index (χ2v) is 8.09. The number of hydrogen-bond acceptors (Lipinski definition) is 5. The minimum atomic E-state index is -0.400. The van der Waals surface area contributed by atoms with Crippen LogP contribution >= 0.6 is 0 Å². The Morgan fingerprint density at radius 2 is 1.85 bits per heavy atom. The highest BCUT2D eigenvalue weighted by Crippen LogP contribution is 2.27. The molecule has 0 radical (unpaired) electrons. The number of halogens is 1. The van der Waals surface area contributed by atoms with Crippen molar-refractivity contribution in [2.24, 2.45) is 0 Å². The number of para-hydroxylation sites is 1. The Balaban J connectivity index is 1.44. The topological polar surface area (TPSA) is 67.2 Å². The lowest BCUT2D eigenvalue weighted by atomic mass is 10.2. The van der Waals surface area contributed by atoms with Crippen molar-refractivity contribution in [3.05, 3.63) is 78.0 Å². The lowest BCUT2D eigenvalue weighted by Gasteiger charge is -2.23. The number of nitrogens with zero attached hydrogens (tertiary/aromatic N) is 6. The van der Waals surface area contributed by atoms with Crippen LogP contribution < -0.4 is 4.90 Å². The zero-order chi connectivity index (χ0) is 22.8. The van der Waals surface area contributed by atoms with E-state index in [9.17, 15) is 9.18 Å². The molecule has 5 rings (SSSR count). The fourth-order valence-corrected chi connectivity index (χ4v) is 4.23. The molecule has 1 aliphatic heterocycles. The van der Waals surface area contributed by atoms with E-state index in [0.717, 1.165) is 41.3 Å². The van der Waals surface area contributed by atoms with Gasteiger partial charge in [-0.1, -0.05) is 31.2 Å². The highest BCUT2D eigenvalue weighted by molar-refractivity contribution is 5.94. The zero-order valence-corrected chi connectivity index (χ0v) is 18.5. The summed E-state index contributed by atoms with van der Waals surface area (Å²) in [5.74, 6) is 1.06. The van der Waals surface area contributed by atoms with Crippen molar-refractivity contribution in [1.82, 2.24) is 24.6 Å². The van der Waals surface area contributed by atoms with Gasteiger partial charge in [-0.2, -0.15) is 5.10 Å². The molecule has 1 amide bonds. The van der Waals surface area contributed by atoms with Crippen LogP contribution in [0.25, 0.3) is 16.7 Å². The fraction of sp³-hybridized carbons (Fsp3) is 0.280. The van der Waals surface area contributed by atoms with Gasteiger partial charge in [-0.25, -0.2) is 19.0 Å². The van der Waals surface area contributed by atoms with Crippen LogP contribution in [-0.2, 0) is 6.42 Å². The minimum Gasteiger partial charge on any atom is -0.354 e. The van der Waals surface area contributed by atoms with E-state index in [4.69, 9.17) is 9.97 Å². The molecule has 0 aliphatic carbocycles. The van der Waals surface area contributed by atoms with Gasteiger partial charge in [0.1, 0.15) is 17.5 Å². The van der Waals surface area contributed by atoms with E-state index in [1.54, 1.807) is 17.0 Å². The van der Waals surface area contributed by atoms with E-state index in [-0.39, 0.29) is 5.91 Å². The molecule has 168 valence electrons. The van der Waals surface area contributed by atoms with Gasteiger partial charge in [-0.05, 0) is 36.8 Å². The van der Waals surface area contributed by atoms with Crippen molar-refractivity contribution >= 4 is 22.8 Å². The third-order valence-corrected chi connectivity index (χ3v) is 5.93. The Morgan fingerprint density at radius 3 is 2.64 bits per heavy atom. The number of aromatic nitrogens is 4. The number of amides is 1. The summed E-state index contributed by atoms with van der Waals surface area (Å²) in [6.07, 6.45) is 3.32. The van der Waals surface area contributed by atoms with E-state index >= 15 is 0 Å². The maximum Gasteiger partial charge on any atom is 0.254 e. The first-order valence-corrected chi connectivity index (χ1v) is 11.2. The first-order valence-electron chi connectivity index (χ1n) is 11.2. The van der Waals surface area contributed by atoms with Crippen molar-refractivity contribution < 1.29 is 9.18 Å². The Morgan fingerprint density at radius 1 is 1.00 bits per heavy atom. The van der Waals surface area contributed by atoms with E-state index in [0.29, 0.717) is 31.6 Å². The van der Waals surface area contributed by atoms with Crippen LogP contribution in [0.1, 0.15) is 29.5 Å². The van der Waals surface area contributed by atoms with Crippen molar-refractivity contribution in [3.8, 4) is 5.69 Å². The Labute approximate surface area is 191 Å². The molecule has 0 bridgehead atoms. The monoisotopic (exact) mass is 444 g/mol. The van der Waals surface area contributed by atoms with Crippen molar-refractivity contribution in [2.45, 2.75) is 19.8 Å². The third-order valence-electron chi connectivity index (χ3n) is 5.93. The molecule has 0 saturated carbocycles. The molecule has 2 aromatic heterocycles. The Bertz CT molecular complexity index is 1290. The quantitative estimate of drug-likeness (QED) is 0.478. The van der Waals surface area contributed by atoms with Crippen LogP contribution in [0.15, 0.2) is 60.8 Å². The molecule has 0 spiro atoms. The Hall–Kier alpha value is -3.81. The van der Waals surface area contributed by atoms with Gasteiger partial charge in [0.2, 0.25) is 0 Å². The first kappa shape index (κ1) is 21.1. The summed E-state index contributed by atoms with van der Waals surface area (Å²) in [5, 5.41) is 5.49. The number of benzene rings is 2. The van der Waals surface area contributed by atoms with Gasteiger partial charge >= 0.3 is 0 Å². The summed E-state index contributed by atoms with van der Waals surface area (Å²) in [6.45, 7) is 4.58. The van der Waals surface area contributed by atoms with Gasteiger partial charge < -0.3 is 9.80 Å². The van der Waals surface area contributed by atoms with Crippen LogP contribution in [0.5, 0.6) is 0 Å². The average molecular weight is 445 g/mol. The predicted octanol–water partition coefficient (Wildman–Crippen LogP) is 3.87. The van der Waals surface area contributed by atoms with Crippen LogP contribution in [-0.4, -0.2) is 56.7 Å². The molecule has 7 nitrogen and oxygen atoms in total. The number of rotatable bonds is 4. The molecule has 4 aromatic rings. The lowest BCUT2D eigenvalue weighted by Crippen LogP contribution is -2.35. The number of aryl methyl sites for hydroxylation is 1. The average Bonchev–Trinajstić information content (AvgIpc) is 3.12. The van der Waals surface area contributed by atoms with Crippen LogP contribution in [0.3, 0.4) is 0 Å². The smallest absolute Gasteiger partial charge is 0.254 e. The first-order chi connectivity index (χ1) is 16.1. The van der Waals surface area contributed by atoms with E-state index in [1.807, 2.05) is 48.1 Å². The zero-order valence-electron chi connectivity index (χ0n) is 18.5. The second-order valence-electron chi connectivity index (χ2n) is 8.09. The fourth-order valence-electron chi connectivity index (χ4n) is 4.23. The van der Waals surface area contributed by atoms with Gasteiger partial charge in [0.15, 0.2) is 5.65 Å². The van der Waals surface area contributed by atoms with Gasteiger partial charge in [0, 0.05) is 38.2 Å². The molecule has 1 saturated heterocycles. The molecule has 0 unspecified atom stereocenters. The van der Waals surface area contributed by atoms with Gasteiger partial charge in [0.25, 0.3) is 5.91 Å². The molecule has 0 N–H and O–H groups in total. The lowest BCUT2D eigenvalue weighted by molar-refractivity contribution is 0.0766. The number of anilines is 1. The maximum atomic E-state index is 13.6. The number of carbonyl (C=O) groups excluding carboxylic acids is 1. The predicted molar refractivity (Wildman–Crippen MR) is 125 cm³/mol. The molecule has 2 aromatic carbocycles. The second kappa shape index (κ2) is 8.97. The van der Waals surface area contributed by atoms with Crippen LogP contribution in [0.4, 0.5) is 10.2 Å². The van der Waals surface area contributed by atoms with Gasteiger partial charge in [0.05, 0.1) is 17.3 Å². The van der Waals surface area contributed by atoms with Crippen molar-refractivity contribution in [3.63, 3.8) is 0 Å². The molecular weight excluding hydrogens is 419 g/mol. The summed E-state index contributed by atoms with van der Waals surface area (Å²) in [7, 11) is 0. The summed E-state index contributed by atoms with van der Waals surface area (Å²) < 4.78 is 15.4. The molecular formula is C25H25FN6O. The highest BCUT2D eigenvalue weighted by atomic mass is 19.1. The number of carbonyl (C=O) groups is 1. The normalized spacial score (nSPS) is 14.5. The van der Waals surface area contributed by atoms with Crippen molar-refractivity contribution in [1.29, 1.82) is 0 Å². The largest absolute Gasteiger partial charge is 0.354 e. The molecule has 1 aliphatic rings. The molecule has 33 heavy (non-hydrogen) atoms. The van der Waals surface area contributed by atoms with Crippen LogP contribution in [0.2, 0.25) is 0 Å². The SMILES string of the molecule is CCc1nc(N2CCCN(C(=O)c3cccc(F)c3)CC2)c2cnn(-c3ccccc3)c2n1. The number of fused-ring (bicyclic) bond motifs is 1. The molecule has 0 atom stereocenters. The van der Waals surface area contributed by atoms with Gasteiger partial charge in [-0.15, -0.1) is 0 Å². The van der Waals surface area contributed by atoms with E-state index in [1.165, 1.54) is 12.1 Å². The minimum absolute atomic E-state index is 0.143. The van der Waals surface area contributed by atoms with E-state index < -0.39 is 5.82 Å². The third kappa shape index (κ3) is 4.16. The maximum absolute atomic E-state index is 13.6. The Kier molecular flexibility index (Phi) is 5.73. The number of hydrogen-bond donors (Lipinski definition) is 0. The summed E-state index contributed by atoms with van der Waals surface area (Å²) >= 11 is 0. The highest BCUT2D eigenvalue weighted by Gasteiger charge is 2.24. The standard InChI is InChI=1S/C25H25FN6O/c1-2-22-28-23(21-17-27-32(24(21)29-22)20-10-4-3-5-11-20)30-12-7-13-31(15-14-30)25(33)18-8-6-9-19(26)16-18/h3-6,8-11,16-17H,2,7,12-15H2,1H3. The molecule has 3 heterocycles.